The first-order valence-electron chi connectivity index (χ1n) is 7.85. The molecule has 1 fully saturated rings. The van der Waals surface area contributed by atoms with Gasteiger partial charge in [-0.1, -0.05) is 20.3 Å². The van der Waals surface area contributed by atoms with E-state index in [0.717, 1.165) is 30.9 Å². The highest BCUT2D eigenvalue weighted by atomic mass is 35.5. The third-order valence-corrected chi connectivity index (χ3v) is 4.27. The molecule has 0 saturated carbocycles. The van der Waals surface area contributed by atoms with Crippen molar-refractivity contribution in [3.63, 3.8) is 0 Å². The molecule has 1 aromatic rings. The summed E-state index contributed by atoms with van der Waals surface area (Å²) >= 11 is 0. The van der Waals surface area contributed by atoms with E-state index in [1.54, 1.807) is 0 Å². The standard InChI is InChI=1S/C16H26N4O.ClH/c1-3-12(2)15(17)16(21)19-11-13-6-7-18-14(10-13)20-8-4-5-9-20;/h6-7,10,12,15H,3-5,8-9,11,17H2,1-2H3,(H,19,21);1H. The third kappa shape index (κ3) is 4.85. The topological polar surface area (TPSA) is 71.2 Å². The average molecular weight is 327 g/mol. The van der Waals surface area contributed by atoms with Gasteiger partial charge in [-0.05, 0) is 36.5 Å². The highest BCUT2D eigenvalue weighted by molar-refractivity contribution is 5.85. The molecule has 3 N–H and O–H groups in total. The molecule has 1 saturated heterocycles. The minimum atomic E-state index is -0.435. The van der Waals surface area contributed by atoms with E-state index in [1.165, 1.54) is 12.8 Å². The Morgan fingerprint density at radius 2 is 2.14 bits per heavy atom. The van der Waals surface area contributed by atoms with Gasteiger partial charge in [0.1, 0.15) is 5.82 Å². The number of carbonyl (C=O) groups is 1. The Morgan fingerprint density at radius 3 is 2.77 bits per heavy atom. The summed E-state index contributed by atoms with van der Waals surface area (Å²) in [4.78, 5) is 18.7. The van der Waals surface area contributed by atoms with E-state index in [2.05, 4.69) is 21.3 Å². The Balaban J connectivity index is 0.00000242. The van der Waals surface area contributed by atoms with E-state index < -0.39 is 6.04 Å². The second-order valence-electron chi connectivity index (χ2n) is 5.85. The first-order valence-corrected chi connectivity index (χ1v) is 7.85. The van der Waals surface area contributed by atoms with Crippen LogP contribution < -0.4 is 16.0 Å². The monoisotopic (exact) mass is 326 g/mol. The number of hydrogen-bond donors (Lipinski definition) is 2. The zero-order chi connectivity index (χ0) is 15.2. The van der Waals surface area contributed by atoms with Crippen molar-refractivity contribution in [2.45, 2.75) is 45.7 Å². The molecule has 2 rings (SSSR count). The molecule has 1 amide bonds. The summed E-state index contributed by atoms with van der Waals surface area (Å²) in [6.45, 7) is 6.70. The lowest BCUT2D eigenvalue weighted by Gasteiger charge is -2.19. The van der Waals surface area contributed by atoms with Crippen LogP contribution in [0.25, 0.3) is 0 Å². The first-order chi connectivity index (χ1) is 10.1. The van der Waals surface area contributed by atoms with Gasteiger partial charge in [-0.3, -0.25) is 4.79 Å². The van der Waals surface area contributed by atoms with E-state index >= 15 is 0 Å². The van der Waals surface area contributed by atoms with Crippen LogP contribution in [0.3, 0.4) is 0 Å². The maximum atomic E-state index is 12.0. The molecule has 1 aromatic heterocycles. The molecule has 1 aliphatic rings. The molecule has 22 heavy (non-hydrogen) atoms. The van der Waals surface area contributed by atoms with Gasteiger partial charge in [0.05, 0.1) is 6.04 Å². The van der Waals surface area contributed by atoms with Gasteiger partial charge in [0, 0.05) is 25.8 Å². The van der Waals surface area contributed by atoms with Crippen LogP contribution >= 0.6 is 12.4 Å². The van der Waals surface area contributed by atoms with Crippen molar-refractivity contribution in [3.8, 4) is 0 Å². The Morgan fingerprint density at radius 1 is 1.45 bits per heavy atom. The molecule has 5 nitrogen and oxygen atoms in total. The lowest BCUT2D eigenvalue weighted by Crippen LogP contribution is -2.44. The minimum absolute atomic E-state index is 0. The molecule has 1 aliphatic heterocycles. The van der Waals surface area contributed by atoms with Crippen LogP contribution in [0.2, 0.25) is 0 Å². The van der Waals surface area contributed by atoms with E-state index in [-0.39, 0.29) is 24.2 Å². The third-order valence-electron chi connectivity index (χ3n) is 4.27. The van der Waals surface area contributed by atoms with Crippen molar-refractivity contribution in [3.05, 3.63) is 23.9 Å². The number of anilines is 1. The van der Waals surface area contributed by atoms with Crippen molar-refractivity contribution < 1.29 is 4.79 Å². The van der Waals surface area contributed by atoms with Gasteiger partial charge in [-0.2, -0.15) is 0 Å². The molecule has 0 bridgehead atoms. The molecule has 0 aliphatic carbocycles. The Labute approximate surface area is 139 Å². The second-order valence-corrected chi connectivity index (χ2v) is 5.85. The van der Waals surface area contributed by atoms with Crippen molar-refractivity contribution in [2.75, 3.05) is 18.0 Å². The fourth-order valence-corrected chi connectivity index (χ4v) is 2.51. The second kappa shape index (κ2) is 8.96. The molecular formula is C16H27ClN4O. The van der Waals surface area contributed by atoms with E-state index in [1.807, 2.05) is 26.1 Å². The van der Waals surface area contributed by atoms with Crippen LogP contribution in [0.5, 0.6) is 0 Å². The fraction of sp³-hybridized carbons (Fsp3) is 0.625. The number of carbonyl (C=O) groups excluding carboxylic acids is 1. The van der Waals surface area contributed by atoms with E-state index in [0.29, 0.717) is 6.54 Å². The smallest absolute Gasteiger partial charge is 0.237 e. The fourth-order valence-electron chi connectivity index (χ4n) is 2.51. The number of nitrogens with one attached hydrogen (secondary N) is 1. The molecule has 6 heteroatoms. The van der Waals surface area contributed by atoms with Crippen LogP contribution in [-0.4, -0.2) is 30.0 Å². The van der Waals surface area contributed by atoms with Gasteiger partial charge in [-0.15, -0.1) is 12.4 Å². The summed E-state index contributed by atoms with van der Waals surface area (Å²) in [5.74, 6) is 1.12. The molecule has 2 unspecified atom stereocenters. The summed E-state index contributed by atoms with van der Waals surface area (Å²) in [5, 5.41) is 2.92. The van der Waals surface area contributed by atoms with Gasteiger partial charge in [0.15, 0.2) is 0 Å². The summed E-state index contributed by atoms with van der Waals surface area (Å²) in [5.41, 5.74) is 7.00. The maximum Gasteiger partial charge on any atom is 0.237 e. The lowest BCUT2D eigenvalue weighted by atomic mass is 9.99. The Kier molecular flexibility index (Phi) is 7.62. The van der Waals surface area contributed by atoms with Crippen molar-refractivity contribution in [1.82, 2.24) is 10.3 Å². The van der Waals surface area contributed by atoms with E-state index in [4.69, 9.17) is 5.73 Å². The van der Waals surface area contributed by atoms with Crippen LogP contribution in [0, 0.1) is 5.92 Å². The maximum absolute atomic E-state index is 12.0. The molecule has 124 valence electrons. The van der Waals surface area contributed by atoms with E-state index in [9.17, 15) is 4.79 Å². The SMILES string of the molecule is CCC(C)C(N)C(=O)NCc1ccnc(N2CCCC2)c1.Cl. The van der Waals surface area contributed by atoms with Gasteiger partial charge >= 0.3 is 0 Å². The van der Waals surface area contributed by atoms with Crippen LogP contribution in [-0.2, 0) is 11.3 Å². The minimum Gasteiger partial charge on any atom is -0.357 e. The number of nitrogens with zero attached hydrogens (tertiary/aromatic N) is 2. The average Bonchev–Trinajstić information content (AvgIpc) is 3.05. The highest BCUT2D eigenvalue weighted by Crippen LogP contribution is 2.18. The molecule has 0 radical (unpaired) electrons. The molecule has 0 aromatic carbocycles. The number of rotatable bonds is 6. The zero-order valence-electron chi connectivity index (χ0n) is 13.4. The number of halogens is 1. The molecule has 0 spiro atoms. The van der Waals surface area contributed by atoms with Crippen LogP contribution in [0.15, 0.2) is 18.3 Å². The number of pyridine rings is 1. The largest absolute Gasteiger partial charge is 0.357 e. The summed E-state index contributed by atoms with van der Waals surface area (Å²) in [6.07, 6.45) is 5.17. The summed E-state index contributed by atoms with van der Waals surface area (Å²) in [7, 11) is 0. The van der Waals surface area contributed by atoms with Gasteiger partial charge in [-0.25, -0.2) is 4.98 Å². The van der Waals surface area contributed by atoms with Crippen LogP contribution in [0.4, 0.5) is 5.82 Å². The van der Waals surface area contributed by atoms with Gasteiger partial charge in [0.2, 0.25) is 5.91 Å². The number of amides is 1. The summed E-state index contributed by atoms with van der Waals surface area (Å²) in [6, 6.07) is 3.56. The predicted octanol–water partition coefficient (Wildman–Crippen LogP) is 2.09. The highest BCUT2D eigenvalue weighted by Gasteiger charge is 2.19. The normalized spacial score (nSPS) is 16.8. The number of hydrogen-bond acceptors (Lipinski definition) is 4. The molecular weight excluding hydrogens is 300 g/mol. The summed E-state index contributed by atoms with van der Waals surface area (Å²) < 4.78 is 0. The molecule has 2 heterocycles. The lowest BCUT2D eigenvalue weighted by molar-refractivity contribution is -0.123. The molecule has 2 atom stereocenters. The number of aromatic nitrogens is 1. The van der Waals surface area contributed by atoms with Crippen molar-refractivity contribution in [2.24, 2.45) is 11.7 Å². The van der Waals surface area contributed by atoms with Crippen molar-refractivity contribution >= 4 is 24.1 Å². The van der Waals surface area contributed by atoms with Crippen molar-refractivity contribution in [1.29, 1.82) is 0 Å². The quantitative estimate of drug-likeness (QED) is 0.839. The van der Waals surface area contributed by atoms with Gasteiger partial charge in [0.25, 0.3) is 0 Å². The first kappa shape index (κ1) is 18.7. The predicted molar refractivity (Wildman–Crippen MR) is 92.2 cm³/mol. The van der Waals surface area contributed by atoms with Crippen LogP contribution in [0.1, 0.15) is 38.7 Å². The zero-order valence-corrected chi connectivity index (χ0v) is 14.2. The Bertz CT molecular complexity index is 477. The van der Waals surface area contributed by atoms with Gasteiger partial charge < -0.3 is 16.0 Å². The number of nitrogens with two attached hydrogens (primary N) is 1. The Hall–Kier alpha value is -1.33.